The molecule has 4 rings (SSSR count). The minimum atomic E-state index is -0.430. The van der Waals surface area contributed by atoms with Gasteiger partial charge in [-0.25, -0.2) is 4.39 Å². The number of carbonyl (C=O) groups is 1. The molecule has 1 aliphatic rings. The van der Waals surface area contributed by atoms with E-state index in [4.69, 9.17) is 0 Å². The molecule has 6 nitrogen and oxygen atoms in total. The van der Waals surface area contributed by atoms with Gasteiger partial charge in [0.25, 0.3) is 5.56 Å². The second-order valence-corrected chi connectivity index (χ2v) is 8.09. The molecule has 7 heteroatoms. The number of rotatable bonds is 6. The van der Waals surface area contributed by atoms with Gasteiger partial charge < -0.3 is 10.2 Å². The normalized spacial score (nSPS) is 16.1. The lowest BCUT2D eigenvalue weighted by molar-refractivity contribution is -0.125. The Labute approximate surface area is 186 Å². The largest absolute Gasteiger partial charge is 0.354 e. The Balaban J connectivity index is 1.43. The number of halogens is 1. The molecule has 0 aliphatic carbocycles. The molecule has 1 saturated heterocycles. The number of anilines is 1. The number of benzene rings is 2. The summed E-state index contributed by atoms with van der Waals surface area (Å²) in [5.74, 6) is 0.0323. The number of hydrogen-bond acceptors (Lipinski definition) is 4. The van der Waals surface area contributed by atoms with E-state index in [2.05, 4.69) is 29.5 Å². The summed E-state index contributed by atoms with van der Waals surface area (Å²) in [7, 11) is 0. The Morgan fingerprint density at radius 3 is 2.66 bits per heavy atom. The Morgan fingerprint density at radius 1 is 1.12 bits per heavy atom. The number of aromatic nitrogens is 2. The molecule has 0 radical (unpaired) electrons. The van der Waals surface area contributed by atoms with E-state index < -0.39 is 5.82 Å². The van der Waals surface area contributed by atoms with Gasteiger partial charge in [-0.2, -0.15) is 4.68 Å². The SMILES string of the molecule is CCc1ccc(CNC(=O)C2CCCN(c3ccc(=O)n(-c4cccc(F)c4)n3)C2)cc1. The molecule has 1 fully saturated rings. The Bertz CT molecular complexity index is 1140. The number of carbonyl (C=O) groups excluding carboxylic acids is 1. The second-order valence-electron chi connectivity index (χ2n) is 8.09. The van der Waals surface area contributed by atoms with E-state index in [-0.39, 0.29) is 17.4 Å². The monoisotopic (exact) mass is 434 g/mol. The summed E-state index contributed by atoms with van der Waals surface area (Å²) >= 11 is 0. The highest BCUT2D eigenvalue weighted by Gasteiger charge is 2.26. The van der Waals surface area contributed by atoms with Crippen LogP contribution in [0.1, 0.15) is 30.9 Å². The van der Waals surface area contributed by atoms with Crippen molar-refractivity contribution in [3.63, 3.8) is 0 Å². The number of nitrogens with zero attached hydrogens (tertiary/aromatic N) is 3. The van der Waals surface area contributed by atoms with Crippen LogP contribution in [0.2, 0.25) is 0 Å². The number of nitrogens with one attached hydrogen (secondary N) is 1. The molecular formula is C25H27FN4O2. The quantitative estimate of drug-likeness (QED) is 0.645. The molecule has 1 amide bonds. The molecule has 0 saturated carbocycles. The maximum absolute atomic E-state index is 13.6. The summed E-state index contributed by atoms with van der Waals surface area (Å²) in [4.78, 5) is 27.1. The predicted octanol–water partition coefficient (Wildman–Crippen LogP) is 3.47. The van der Waals surface area contributed by atoms with E-state index in [9.17, 15) is 14.0 Å². The third-order valence-corrected chi connectivity index (χ3v) is 5.85. The van der Waals surface area contributed by atoms with Gasteiger partial charge in [0.05, 0.1) is 11.6 Å². The van der Waals surface area contributed by atoms with Crippen molar-refractivity contribution in [3.05, 3.63) is 88.0 Å². The van der Waals surface area contributed by atoms with E-state index in [1.807, 2.05) is 17.0 Å². The van der Waals surface area contributed by atoms with Gasteiger partial charge in [0.15, 0.2) is 0 Å². The minimum Gasteiger partial charge on any atom is -0.354 e. The van der Waals surface area contributed by atoms with Gasteiger partial charge in [-0.1, -0.05) is 37.3 Å². The van der Waals surface area contributed by atoms with Gasteiger partial charge >= 0.3 is 0 Å². The highest BCUT2D eigenvalue weighted by Crippen LogP contribution is 2.22. The molecule has 1 aliphatic heterocycles. The van der Waals surface area contributed by atoms with Crippen LogP contribution in [-0.2, 0) is 17.8 Å². The van der Waals surface area contributed by atoms with Gasteiger partial charge in [-0.3, -0.25) is 9.59 Å². The highest BCUT2D eigenvalue weighted by atomic mass is 19.1. The maximum Gasteiger partial charge on any atom is 0.271 e. The van der Waals surface area contributed by atoms with E-state index in [1.54, 1.807) is 18.2 Å². The molecule has 2 aromatic carbocycles. The van der Waals surface area contributed by atoms with Crippen LogP contribution in [0.5, 0.6) is 0 Å². The van der Waals surface area contributed by atoms with Crippen molar-refractivity contribution in [1.29, 1.82) is 0 Å². The van der Waals surface area contributed by atoms with E-state index in [0.717, 1.165) is 31.4 Å². The van der Waals surface area contributed by atoms with E-state index >= 15 is 0 Å². The maximum atomic E-state index is 13.6. The van der Waals surface area contributed by atoms with Crippen molar-refractivity contribution in [2.24, 2.45) is 5.92 Å². The minimum absolute atomic E-state index is 0.0210. The van der Waals surface area contributed by atoms with Crippen LogP contribution in [0.25, 0.3) is 5.69 Å². The van der Waals surface area contributed by atoms with Crippen LogP contribution in [-0.4, -0.2) is 28.8 Å². The summed E-state index contributed by atoms with van der Waals surface area (Å²) in [6.07, 6.45) is 2.65. The highest BCUT2D eigenvalue weighted by molar-refractivity contribution is 5.79. The van der Waals surface area contributed by atoms with E-state index in [1.165, 1.54) is 28.4 Å². The average Bonchev–Trinajstić information content (AvgIpc) is 2.83. The van der Waals surface area contributed by atoms with Crippen LogP contribution in [0.3, 0.4) is 0 Å². The number of amides is 1. The Kier molecular flexibility index (Phi) is 6.63. The molecule has 1 aromatic heterocycles. The van der Waals surface area contributed by atoms with Gasteiger partial charge in [0, 0.05) is 25.7 Å². The smallest absolute Gasteiger partial charge is 0.271 e. The first-order valence-corrected chi connectivity index (χ1v) is 11.0. The van der Waals surface area contributed by atoms with Crippen LogP contribution in [0.4, 0.5) is 10.2 Å². The first-order valence-electron chi connectivity index (χ1n) is 11.0. The number of hydrogen-bond donors (Lipinski definition) is 1. The fourth-order valence-electron chi connectivity index (χ4n) is 3.99. The summed E-state index contributed by atoms with van der Waals surface area (Å²) < 4.78 is 14.8. The molecule has 2 heterocycles. The Hall–Kier alpha value is -3.48. The lowest BCUT2D eigenvalue weighted by Gasteiger charge is -2.33. The van der Waals surface area contributed by atoms with Gasteiger partial charge in [0.1, 0.15) is 11.6 Å². The van der Waals surface area contributed by atoms with Crippen LogP contribution >= 0.6 is 0 Å². The summed E-state index contributed by atoms with van der Waals surface area (Å²) in [5, 5.41) is 7.49. The van der Waals surface area contributed by atoms with Crippen LogP contribution < -0.4 is 15.8 Å². The van der Waals surface area contributed by atoms with Crippen molar-refractivity contribution in [2.75, 3.05) is 18.0 Å². The fourth-order valence-corrected chi connectivity index (χ4v) is 3.99. The molecule has 0 bridgehead atoms. The lowest BCUT2D eigenvalue weighted by Crippen LogP contribution is -2.43. The zero-order chi connectivity index (χ0) is 22.5. The van der Waals surface area contributed by atoms with Crippen molar-refractivity contribution in [1.82, 2.24) is 15.1 Å². The number of aryl methyl sites for hydroxylation is 1. The second kappa shape index (κ2) is 9.77. The molecule has 0 spiro atoms. The topological polar surface area (TPSA) is 67.2 Å². The molecule has 1 N–H and O–H groups in total. The van der Waals surface area contributed by atoms with Crippen LogP contribution in [0.15, 0.2) is 65.5 Å². The fraction of sp³-hybridized carbons (Fsp3) is 0.320. The molecule has 1 unspecified atom stereocenters. The summed E-state index contributed by atoms with van der Waals surface area (Å²) in [5.41, 5.74) is 2.39. The summed E-state index contributed by atoms with van der Waals surface area (Å²) in [6, 6.07) is 17.1. The van der Waals surface area contributed by atoms with Gasteiger partial charge in [-0.15, -0.1) is 5.10 Å². The standard InChI is InChI=1S/C25H27FN4O2/c1-2-18-8-10-19(11-9-18)16-27-25(32)20-5-4-14-29(17-20)23-12-13-24(31)30(28-23)22-7-3-6-21(26)15-22/h3,6-13,15,20H,2,4-5,14,16-17H2,1H3,(H,27,32). The molecule has 166 valence electrons. The lowest BCUT2D eigenvalue weighted by atomic mass is 9.97. The van der Waals surface area contributed by atoms with Crippen molar-refractivity contribution in [2.45, 2.75) is 32.7 Å². The van der Waals surface area contributed by atoms with Crippen molar-refractivity contribution >= 4 is 11.7 Å². The molecule has 3 aromatic rings. The zero-order valence-corrected chi connectivity index (χ0v) is 18.1. The van der Waals surface area contributed by atoms with Crippen molar-refractivity contribution < 1.29 is 9.18 Å². The summed E-state index contributed by atoms with van der Waals surface area (Å²) in [6.45, 7) is 3.89. The van der Waals surface area contributed by atoms with E-state index in [0.29, 0.717) is 24.6 Å². The third-order valence-electron chi connectivity index (χ3n) is 5.85. The Morgan fingerprint density at radius 2 is 1.91 bits per heavy atom. The van der Waals surface area contributed by atoms with Gasteiger partial charge in [-0.05, 0) is 54.7 Å². The first kappa shape index (κ1) is 21.7. The molecule has 1 atom stereocenters. The van der Waals surface area contributed by atoms with Gasteiger partial charge in [0.2, 0.25) is 5.91 Å². The van der Waals surface area contributed by atoms with Crippen LogP contribution in [0, 0.1) is 11.7 Å². The third kappa shape index (κ3) is 5.04. The first-order chi connectivity index (χ1) is 15.5. The molecular weight excluding hydrogens is 407 g/mol. The van der Waals surface area contributed by atoms with Crippen molar-refractivity contribution in [3.8, 4) is 5.69 Å². The average molecular weight is 435 g/mol. The predicted molar refractivity (Wildman–Crippen MR) is 122 cm³/mol. The zero-order valence-electron chi connectivity index (χ0n) is 18.1. The molecule has 32 heavy (non-hydrogen) atoms. The number of piperidine rings is 1.